The van der Waals surface area contributed by atoms with Gasteiger partial charge < -0.3 is 10.8 Å². The van der Waals surface area contributed by atoms with Crippen LogP contribution in [0.3, 0.4) is 0 Å². The highest BCUT2D eigenvalue weighted by atomic mass is 16.4. The van der Waals surface area contributed by atoms with Gasteiger partial charge in [-0.25, -0.2) is 0 Å². The number of hydrogen-bond donors (Lipinski definition) is 2. The number of aliphatic carboxylic acids is 1. The summed E-state index contributed by atoms with van der Waals surface area (Å²) in [6, 6.07) is 1.94. The molecule has 3 N–H and O–H groups in total. The lowest BCUT2D eigenvalue weighted by Gasteiger charge is -2.25. The molecule has 3 fully saturated rings. The minimum Gasteiger partial charge on any atom is -0.480 e. The third-order valence-corrected chi connectivity index (χ3v) is 4.89. The van der Waals surface area contributed by atoms with Gasteiger partial charge in [0.2, 0.25) is 0 Å². The van der Waals surface area contributed by atoms with Gasteiger partial charge in [0, 0.05) is 37.8 Å². The van der Waals surface area contributed by atoms with Crippen LogP contribution in [0.4, 0.5) is 0 Å². The lowest BCUT2D eigenvalue weighted by Crippen LogP contribution is -2.51. The molecule has 2 aliphatic heterocycles. The predicted octanol–water partition coefficient (Wildman–Crippen LogP) is 0.0994. The van der Waals surface area contributed by atoms with E-state index in [2.05, 4.69) is 16.7 Å². The monoisotopic (exact) mass is 253 g/mol. The van der Waals surface area contributed by atoms with Crippen LogP contribution in [0.1, 0.15) is 32.6 Å². The minimum atomic E-state index is -1.02. The van der Waals surface area contributed by atoms with Gasteiger partial charge in [0.05, 0.1) is 0 Å². The Labute approximate surface area is 108 Å². The molecule has 18 heavy (non-hydrogen) atoms. The van der Waals surface area contributed by atoms with Gasteiger partial charge in [0.1, 0.15) is 5.54 Å². The first-order valence-corrected chi connectivity index (χ1v) is 7.02. The Hall–Kier alpha value is -0.650. The second-order valence-corrected chi connectivity index (χ2v) is 6.35. The molecule has 3 atom stereocenters. The predicted molar refractivity (Wildman–Crippen MR) is 68.3 cm³/mol. The Morgan fingerprint density at radius 2 is 2.11 bits per heavy atom. The maximum atomic E-state index is 11.2. The van der Waals surface area contributed by atoms with Crippen molar-refractivity contribution in [1.82, 2.24) is 9.80 Å². The van der Waals surface area contributed by atoms with Crippen LogP contribution in [0, 0.1) is 0 Å². The van der Waals surface area contributed by atoms with Crippen LogP contribution in [-0.2, 0) is 4.79 Å². The largest absolute Gasteiger partial charge is 0.480 e. The number of rotatable bonds is 3. The lowest BCUT2D eigenvalue weighted by molar-refractivity contribution is -0.142. The van der Waals surface area contributed by atoms with Crippen molar-refractivity contribution in [2.75, 3.05) is 19.6 Å². The SMILES string of the molecule is CC1CC(N2CCC(N)(C(=O)O)C2)CN1C1CC1. The Bertz CT molecular complexity index is 358. The number of carboxylic acids is 1. The van der Waals surface area contributed by atoms with E-state index in [1.165, 1.54) is 12.8 Å². The molecule has 0 radical (unpaired) electrons. The Balaban J connectivity index is 1.62. The molecule has 1 saturated carbocycles. The van der Waals surface area contributed by atoms with E-state index in [-0.39, 0.29) is 0 Å². The van der Waals surface area contributed by atoms with Gasteiger partial charge in [0.25, 0.3) is 0 Å². The zero-order chi connectivity index (χ0) is 12.9. The molecule has 102 valence electrons. The van der Waals surface area contributed by atoms with Crippen LogP contribution in [0.15, 0.2) is 0 Å². The standard InChI is InChI=1S/C13H23N3O2/c1-9-6-11(7-16(9)10-2-3-10)15-5-4-13(14,8-15)12(17)18/h9-11H,2-8,14H2,1H3,(H,17,18). The highest BCUT2D eigenvalue weighted by molar-refractivity contribution is 5.79. The topological polar surface area (TPSA) is 69.8 Å². The van der Waals surface area contributed by atoms with Crippen molar-refractivity contribution in [3.8, 4) is 0 Å². The summed E-state index contributed by atoms with van der Waals surface area (Å²) in [4.78, 5) is 16.1. The molecule has 0 aromatic rings. The molecule has 5 heteroatoms. The van der Waals surface area contributed by atoms with Crippen molar-refractivity contribution in [1.29, 1.82) is 0 Å². The summed E-state index contributed by atoms with van der Waals surface area (Å²) in [5.74, 6) is -0.852. The summed E-state index contributed by atoms with van der Waals surface area (Å²) in [6.07, 6.45) is 4.42. The highest BCUT2D eigenvalue weighted by Crippen LogP contribution is 2.36. The normalized spacial score (nSPS) is 42.6. The molecule has 0 bridgehead atoms. The van der Waals surface area contributed by atoms with E-state index in [4.69, 9.17) is 5.73 Å². The minimum absolute atomic E-state index is 0.505. The number of nitrogens with zero attached hydrogens (tertiary/aromatic N) is 2. The van der Waals surface area contributed by atoms with Crippen LogP contribution in [-0.4, -0.2) is 64.2 Å². The summed E-state index contributed by atoms with van der Waals surface area (Å²) in [6.45, 7) is 4.74. The Morgan fingerprint density at radius 3 is 2.67 bits per heavy atom. The molecule has 0 aromatic carbocycles. The summed E-state index contributed by atoms with van der Waals surface area (Å²) in [5.41, 5.74) is 4.93. The van der Waals surface area contributed by atoms with Crippen molar-refractivity contribution in [3.05, 3.63) is 0 Å². The number of carbonyl (C=O) groups is 1. The van der Waals surface area contributed by atoms with E-state index in [9.17, 15) is 9.90 Å². The average molecular weight is 253 g/mol. The van der Waals surface area contributed by atoms with Crippen LogP contribution in [0.2, 0.25) is 0 Å². The van der Waals surface area contributed by atoms with Crippen LogP contribution >= 0.6 is 0 Å². The van der Waals surface area contributed by atoms with Crippen LogP contribution in [0.5, 0.6) is 0 Å². The number of hydrogen-bond acceptors (Lipinski definition) is 4. The van der Waals surface area contributed by atoms with Crippen molar-refractivity contribution in [2.24, 2.45) is 5.73 Å². The van der Waals surface area contributed by atoms with Crippen molar-refractivity contribution in [3.63, 3.8) is 0 Å². The number of carboxylic acid groups (broad SMARTS) is 1. The van der Waals surface area contributed by atoms with E-state index < -0.39 is 11.5 Å². The lowest BCUT2D eigenvalue weighted by atomic mass is 10.0. The van der Waals surface area contributed by atoms with Crippen molar-refractivity contribution < 1.29 is 9.90 Å². The molecule has 0 spiro atoms. The molecule has 2 saturated heterocycles. The van der Waals surface area contributed by atoms with E-state index in [0.717, 1.165) is 25.6 Å². The molecule has 0 amide bonds. The fraction of sp³-hybridized carbons (Fsp3) is 0.923. The summed E-state index contributed by atoms with van der Waals surface area (Å²) in [7, 11) is 0. The second-order valence-electron chi connectivity index (χ2n) is 6.35. The third kappa shape index (κ3) is 2.04. The molecule has 0 aromatic heterocycles. The molecule has 3 aliphatic rings. The van der Waals surface area contributed by atoms with E-state index in [1.54, 1.807) is 0 Å². The number of nitrogens with two attached hydrogens (primary N) is 1. The molecule has 5 nitrogen and oxygen atoms in total. The molecular formula is C13H23N3O2. The summed E-state index contributed by atoms with van der Waals surface area (Å²) in [5, 5.41) is 9.17. The van der Waals surface area contributed by atoms with Gasteiger partial charge in [0.15, 0.2) is 0 Å². The van der Waals surface area contributed by atoms with Gasteiger partial charge >= 0.3 is 5.97 Å². The van der Waals surface area contributed by atoms with Gasteiger partial charge in [-0.05, 0) is 32.6 Å². The zero-order valence-corrected chi connectivity index (χ0v) is 11.0. The first-order chi connectivity index (χ1) is 8.49. The fourth-order valence-electron chi connectivity index (χ4n) is 3.56. The fourth-order valence-corrected chi connectivity index (χ4v) is 3.56. The summed E-state index contributed by atoms with van der Waals surface area (Å²) < 4.78 is 0. The molecule has 3 unspecified atom stereocenters. The quantitative estimate of drug-likeness (QED) is 0.746. The second kappa shape index (κ2) is 4.18. The molecule has 1 aliphatic carbocycles. The first kappa shape index (κ1) is 12.4. The molecule has 2 heterocycles. The van der Waals surface area contributed by atoms with Gasteiger partial charge in [-0.3, -0.25) is 14.6 Å². The molecule has 3 rings (SSSR count). The molecular weight excluding hydrogens is 230 g/mol. The van der Waals surface area contributed by atoms with Gasteiger partial charge in [-0.15, -0.1) is 0 Å². The third-order valence-electron chi connectivity index (χ3n) is 4.89. The van der Waals surface area contributed by atoms with Gasteiger partial charge in [-0.1, -0.05) is 0 Å². The first-order valence-electron chi connectivity index (χ1n) is 7.02. The van der Waals surface area contributed by atoms with E-state index >= 15 is 0 Å². The maximum absolute atomic E-state index is 11.2. The Kier molecular flexibility index (Phi) is 2.88. The van der Waals surface area contributed by atoms with Crippen LogP contribution < -0.4 is 5.73 Å². The van der Waals surface area contributed by atoms with Crippen LogP contribution in [0.25, 0.3) is 0 Å². The summed E-state index contributed by atoms with van der Waals surface area (Å²) >= 11 is 0. The van der Waals surface area contributed by atoms with E-state index in [1.807, 2.05) is 0 Å². The van der Waals surface area contributed by atoms with E-state index in [0.29, 0.717) is 25.0 Å². The Morgan fingerprint density at radius 1 is 1.39 bits per heavy atom. The smallest absolute Gasteiger partial charge is 0.325 e. The van der Waals surface area contributed by atoms with Crippen molar-refractivity contribution in [2.45, 2.75) is 56.3 Å². The maximum Gasteiger partial charge on any atom is 0.325 e. The van der Waals surface area contributed by atoms with Gasteiger partial charge in [-0.2, -0.15) is 0 Å². The average Bonchev–Trinajstić information content (AvgIpc) is 2.96. The van der Waals surface area contributed by atoms with Crippen molar-refractivity contribution >= 4 is 5.97 Å². The zero-order valence-electron chi connectivity index (χ0n) is 11.0. The highest BCUT2D eigenvalue weighted by Gasteiger charge is 2.47. The number of likely N-dealkylation sites (tertiary alicyclic amines) is 2.